The van der Waals surface area contributed by atoms with Gasteiger partial charge >= 0.3 is 6.09 Å². The van der Waals surface area contributed by atoms with Gasteiger partial charge in [0.15, 0.2) is 11.6 Å². The first kappa shape index (κ1) is 19.6. The van der Waals surface area contributed by atoms with Gasteiger partial charge in [0.25, 0.3) is 0 Å². The Balaban J connectivity index is 1.53. The average Bonchev–Trinajstić information content (AvgIpc) is 2.98. The van der Waals surface area contributed by atoms with Gasteiger partial charge in [-0.3, -0.25) is 4.98 Å². The van der Waals surface area contributed by atoms with Crippen LogP contribution in [0, 0.1) is 17.7 Å². The molecule has 154 valence electrons. The van der Waals surface area contributed by atoms with Gasteiger partial charge in [-0.2, -0.15) is 4.98 Å². The number of pyridine rings is 1. The van der Waals surface area contributed by atoms with Crippen molar-refractivity contribution in [3.8, 4) is 0 Å². The third kappa shape index (κ3) is 3.42. The molecule has 2 fully saturated rings. The number of aromatic nitrogens is 3. The highest BCUT2D eigenvalue weighted by Crippen LogP contribution is 2.55. The van der Waals surface area contributed by atoms with Crippen LogP contribution < -0.4 is 15.5 Å². The van der Waals surface area contributed by atoms with Crippen molar-refractivity contribution in [2.24, 2.45) is 11.8 Å². The Morgan fingerprint density at radius 3 is 2.86 bits per heavy atom. The van der Waals surface area contributed by atoms with Gasteiger partial charge in [0.05, 0.1) is 40.4 Å². The Kier molecular flexibility index (Phi) is 4.70. The van der Waals surface area contributed by atoms with E-state index < -0.39 is 23.6 Å². The lowest BCUT2D eigenvalue weighted by molar-refractivity contribution is 0.187. The molecule has 3 heterocycles. The number of rotatable bonds is 5. The number of halogens is 2. The van der Waals surface area contributed by atoms with Crippen molar-refractivity contribution in [3.05, 3.63) is 35.0 Å². The number of piperidine rings is 1. The first-order chi connectivity index (χ1) is 13.7. The number of hydrogen-bond acceptors (Lipinski definition) is 7. The summed E-state index contributed by atoms with van der Waals surface area (Å²) in [6.07, 6.45) is 0.644. The predicted molar refractivity (Wildman–Crippen MR) is 104 cm³/mol. The normalized spacial score (nSPS) is 26.0. The number of nitrogens with one attached hydrogen (secondary N) is 2. The molecule has 1 amide bonds. The van der Waals surface area contributed by atoms with Gasteiger partial charge in [0.1, 0.15) is 0 Å². The fraction of sp³-hybridized carbons (Fsp3) is 0.444. The molecule has 1 aliphatic carbocycles. The molecule has 0 spiro atoms. The average molecular weight is 423 g/mol. The topological polar surface area (TPSA) is 124 Å². The van der Waals surface area contributed by atoms with Crippen molar-refractivity contribution in [2.45, 2.75) is 25.5 Å². The van der Waals surface area contributed by atoms with Crippen LogP contribution in [0.15, 0.2) is 18.5 Å². The van der Waals surface area contributed by atoms with Crippen LogP contribution in [0.3, 0.4) is 0 Å². The van der Waals surface area contributed by atoms with Crippen LogP contribution in [-0.2, 0) is 0 Å². The molecule has 0 bridgehead atoms. The van der Waals surface area contributed by atoms with E-state index in [0.29, 0.717) is 24.5 Å². The van der Waals surface area contributed by atoms with E-state index >= 15 is 0 Å². The zero-order valence-corrected chi connectivity index (χ0v) is 16.5. The molecule has 4 atom stereocenters. The lowest BCUT2D eigenvalue weighted by atomic mass is 10.2. The van der Waals surface area contributed by atoms with E-state index in [1.807, 2.05) is 6.92 Å². The lowest BCUT2D eigenvalue weighted by Crippen LogP contribution is -2.43. The van der Waals surface area contributed by atoms with E-state index in [1.165, 1.54) is 6.20 Å². The van der Waals surface area contributed by atoms with Crippen LogP contribution in [0.4, 0.5) is 26.6 Å². The Morgan fingerprint density at radius 2 is 2.21 bits per heavy atom. The van der Waals surface area contributed by atoms with Crippen LogP contribution in [-0.4, -0.2) is 49.9 Å². The van der Waals surface area contributed by atoms with Crippen LogP contribution in [0.2, 0.25) is 5.02 Å². The third-order valence-electron chi connectivity index (χ3n) is 5.72. The summed E-state index contributed by atoms with van der Waals surface area (Å²) >= 11 is 6.12. The number of aliphatic hydroxyl groups excluding tert-OH is 1. The molecule has 2 aromatic rings. The van der Waals surface area contributed by atoms with Crippen molar-refractivity contribution in [1.29, 1.82) is 0 Å². The molecule has 29 heavy (non-hydrogen) atoms. The van der Waals surface area contributed by atoms with Crippen molar-refractivity contribution >= 4 is 35.1 Å². The van der Waals surface area contributed by atoms with Crippen LogP contribution in [0.5, 0.6) is 0 Å². The van der Waals surface area contributed by atoms with E-state index in [4.69, 9.17) is 16.7 Å². The van der Waals surface area contributed by atoms with Crippen LogP contribution >= 0.6 is 11.6 Å². The smallest absolute Gasteiger partial charge is 0.405 e. The quantitative estimate of drug-likeness (QED) is 0.579. The summed E-state index contributed by atoms with van der Waals surface area (Å²) in [4.78, 5) is 25.2. The molecular weight excluding hydrogens is 403 g/mol. The molecule has 2 aliphatic rings. The zero-order valence-electron chi connectivity index (χ0n) is 15.7. The minimum atomic E-state index is -1.09. The minimum Gasteiger partial charge on any atom is -0.465 e. The third-order valence-corrected chi connectivity index (χ3v) is 6.03. The highest BCUT2D eigenvalue weighted by Gasteiger charge is 2.68. The van der Waals surface area contributed by atoms with E-state index in [-0.39, 0.29) is 28.6 Å². The number of aliphatic hydroxyl groups is 1. The summed E-state index contributed by atoms with van der Waals surface area (Å²) in [5, 5.41) is 24.5. The second kappa shape index (κ2) is 6.96. The van der Waals surface area contributed by atoms with E-state index in [9.17, 15) is 14.3 Å². The maximum atomic E-state index is 14.4. The number of carboxylic acid groups (broad SMARTS) is 1. The second-order valence-corrected chi connectivity index (χ2v) is 7.91. The molecule has 11 heteroatoms. The maximum Gasteiger partial charge on any atom is 0.405 e. The predicted octanol–water partition coefficient (Wildman–Crippen LogP) is 2.55. The number of hydrogen-bond donors (Lipinski definition) is 4. The van der Waals surface area contributed by atoms with E-state index in [2.05, 4.69) is 25.6 Å². The number of amides is 1. The Bertz CT molecular complexity index is 977. The highest BCUT2D eigenvalue weighted by molar-refractivity contribution is 6.31. The summed E-state index contributed by atoms with van der Waals surface area (Å²) in [5.74, 6) is -0.0278. The van der Waals surface area contributed by atoms with Crippen LogP contribution in [0.25, 0.3) is 0 Å². The first-order valence-electron chi connectivity index (χ1n) is 9.10. The van der Waals surface area contributed by atoms with Gasteiger partial charge in [-0.25, -0.2) is 14.2 Å². The highest BCUT2D eigenvalue weighted by atomic mass is 35.5. The van der Waals surface area contributed by atoms with Gasteiger partial charge < -0.3 is 25.7 Å². The summed E-state index contributed by atoms with van der Waals surface area (Å²) < 4.78 is 14.4. The molecule has 4 N–H and O–H groups in total. The molecule has 0 aromatic carbocycles. The summed E-state index contributed by atoms with van der Waals surface area (Å²) in [7, 11) is 0. The Morgan fingerprint density at radius 1 is 1.45 bits per heavy atom. The summed E-state index contributed by atoms with van der Waals surface area (Å²) in [6, 6.07) is 1.57. The number of fused-ring (bicyclic) bond motifs is 1. The van der Waals surface area contributed by atoms with E-state index in [0.717, 1.165) is 6.20 Å². The number of carbonyl (C=O) groups is 1. The van der Waals surface area contributed by atoms with Gasteiger partial charge in [0, 0.05) is 19.0 Å². The van der Waals surface area contributed by atoms with E-state index in [1.54, 1.807) is 17.9 Å². The Labute approximate surface area is 170 Å². The van der Waals surface area contributed by atoms with Gasteiger partial charge in [-0.05, 0) is 18.9 Å². The second-order valence-electron chi connectivity index (χ2n) is 7.50. The maximum absolute atomic E-state index is 14.4. The molecule has 0 radical (unpaired) electrons. The Hall–Kier alpha value is -2.72. The van der Waals surface area contributed by atoms with Gasteiger partial charge in [-0.1, -0.05) is 18.5 Å². The molecule has 9 nitrogen and oxygen atoms in total. The molecule has 1 aliphatic heterocycles. The van der Waals surface area contributed by atoms with Crippen LogP contribution in [0.1, 0.15) is 25.6 Å². The first-order valence-corrected chi connectivity index (χ1v) is 9.48. The minimum absolute atomic E-state index is 0.105. The molecule has 2 aromatic heterocycles. The molecular formula is C18H20ClFN6O3. The molecule has 1 saturated heterocycles. The fourth-order valence-corrected chi connectivity index (χ4v) is 4.45. The molecule has 1 saturated carbocycles. The van der Waals surface area contributed by atoms with Crippen molar-refractivity contribution in [2.75, 3.05) is 23.3 Å². The van der Waals surface area contributed by atoms with Crippen molar-refractivity contribution < 1.29 is 19.4 Å². The van der Waals surface area contributed by atoms with Crippen molar-refractivity contribution in [3.63, 3.8) is 0 Å². The van der Waals surface area contributed by atoms with Gasteiger partial charge in [-0.15, -0.1) is 0 Å². The fourth-order valence-electron chi connectivity index (χ4n) is 4.13. The van der Waals surface area contributed by atoms with Crippen molar-refractivity contribution in [1.82, 2.24) is 20.3 Å². The molecule has 4 rings (SSSR count). The SMILES string of the molecule is C[C@H](O)c1ncc(Nc2ncc(F)c(N3C[C@H]4[C@@H](C)[C@@]4(NC(=O)O)C3)n2)cc1Cl. The number of anilines is 3. The largest absolute Gasteiger partial charge is 0.465 e. The lowest BCUT2D eigenvalue weighted by Gasteiger charge is -2.24. The summed E-state index contributed by atoms with van der Waals surface area (Å²) in [5.41, 5.74) is 0.267. The van der Waals surface area contributed by atoms with Gasteiger partial charge in [0.2, 0.25) is 5.95 Å². The number of nitrogens with zero attached hydrogens (tertiary/aromatic N) is 4. The standard InChI is InChI=1S/C18H20ClFN6O3/c1-8-11-6-26(7-18(8,11)25-17(28)29)15-13(20)5-22-16(24-15)23-10-3-12(19)14(9(2)27)21-4-10/h3-5,8-9,11,25,27H,6-7H2,1-2H3,(H,28,29)(H,22,23,24)/t8-,9+,11+,18+/m1/s1. The molecule has 0 unspecified atom stereocenters. The summed E-state index contributed by atoms with van der Waals surface area (Å²) in [6.45, 7) is 4.39. The monoisotopic (exact) mass is 422 g/mol. The zero-order chi connectivity index (χ0) is 20.9.